The third-order valence-electron chi connectivity index (χ3n) is 2.35. The van der Waals surface area contributed by atoms with Crippen LogP contribution in [0, 0.1) is 5.82 Å². The summed E-state index contributed by atoms with van der Waals surface area (Å²) < 4.78 is 18.0. The Labute approximate surface area is 103 Å². The SMILES string of the molecule is COc1cc(NC(=O)c2ccncc2)ccc1F. The zero-order valence-electron chi connectivity index (χ0n) is 9.68. The maximum absolute atomic E-state index is 13.2. The van der Waals surface area contributed by atoms with Crippen molar-refractivity contribution in [3.63, 3.8) is 0 Å². The number of nitrogens with one attached hydrogen (secondary N) is 1. The molecule has 0 aliphatic heterocycles. The molecular formula is C13H11FN2O2. The molecule has 0 atom stereocenters. The van der Waals surface area contributed by atoms with Gasteiger partial charge in [0.25, 0.3) is 5.91 Å². The van der Waals surface area contributed by atoms with Gasteiger partial charge in [-0.15, -0.1) is 0 Å². The van der Waals surface area contributed by atoms with Crippen LogP contribution in [-0.2, 0) is 0 Å². The molecule has 1 N–H and O–H groups in total. The number of carbonyl (C=O) groups excluding carboxylic acids is 1. The second kappa shape index (κ2) is 5.27. The Morgan fingerprint density at radius 3 is 2.67 bits per heavy atom. The number of pyridine rings is 1. The van der Waals surface area contributed by atoms with Gasteiger partial charge in [0.15, 0.2) is 11.6 Å². The smallest absolute Gasteiger partial charge is 0.255 e. The van der Waals surface area contributed by atoms with Gasteiger partial charge in [-0.2, -0.15) is 0 Å². The van der Waals surface area contributed by atoms with E-state index in [1.807, 2.05) is 0 Å². The minimum absolute atomic E-state index is 0.0857. The van der Waals surface area contributed by atoms with Crippen LogP contribution in [0.1, 0.15) is 10.4 Å². The number of ether oxygens (including phenoxy) is 1. The van der Waals surface area contributed by atoms with Gasteiger partial charge in [0.2, 0.25) is 0 Å². The van der Waals surface area contributed by atoms with Crippen molar-refractivity contribution in [1.82, 2.24) is 4.98 Å². The van der Waals surface area contributed by atoms with Crippen LogP contribution in [0.3, 0.4) is 0 Å². The molecule has 0 unspecified atom stereocenters. The molecule has 0 aliphatic carbocycles. The number of benzene rings is 1. The van der Waals surface area contributed by atoms with Gasteiger partial charge < -0.3 is 10.1 Å². The number of anilines is 1. The van der Waals surface area contributed by atoms with E-state index in [0.29, 0.717) is 11.3 Å². The van der Waals surface area contributed by atoms with Crippen molar-refractivity contribution in [2.24, 2.45) is 0 Å². The molecule has 0 bridgehead atoms. The predicted molar refractivity (Wildman–Crippen MR) is 65.1 cm³/mol. The van der Waals surface area contributed by atoms with Crippen LogP contribution in [0.25, 0.3) is 0 Å². The largest absolute Gasteiger partial charge is 0.494 e. The number of carbonyl (C=O) groups is 1. The second-order valence-electron chi connectivity index (χ2n) is 3.54. The number of methoxy groups -OCH3 is 1. The standard InChI is InChI=1S/C13H11FN2O2/c1-18-12-8-10(2-3-11(12)14)16-13(17)9-4-6-15-7-5-9/h2-8H,1H3,(H,16,17). The maximum atomic E-state index is 13.2. The average Bonchev–Trinajstić information content (AvgIpc) is 2.42. The van der Waals surface area contributed by atoms with Crippen molar-refractivity contribution in [1.29, 1.82) is 0 Å². The van der Waals surface area contributed by atoms with E-state index in [-0.39, 0.29) is 11.7 Å². The molecule has 1 amide bonds. The van der Waals surface area contributed by atoms with Crippen molar-refractivity contribution >= 4 is 11.6 Å². The van der Waals surface area contributed by atoms with E-state index in [2.05, 4.69) is 10.3 Å². The summed E-state index contributed by atoms with van der Waals surface area (Å²) in [5, 5.41) is 2.65. The fourth-order valence-corrected chi connectivity index (χ4v) is 1.44. The lowest BCUT2D eigenvalue weighted by Gasteiger charge is -2.07. The lowest BCUT2D eigenvalue weighted by molar-refractivity contribution is 0.102. The molecule has 18 heavy (non-hydrogen) atoms. The first-order chi connectivity index (χ1) is 8.70. The van der Waals surface area contributed by atoms with Gasteiger partial charge in [-0.3, -0.25) is 9.78 Å². The highest BCUT2D eigenvalue weighted by atomic mass is 19.1. The number of rotatable bonds is 3. The zero-order valence-corrected chi connectivity index (χ0v) is 9.68. The van der Waals surface area contributed by atoms with E-state index in [1.54, 1.807) is 12.1 Å². The summed E-state index contributed by atoms with van der Waals surface area (Å²) >= 11 is 0. The first-order valence-corrected chi connectivity index (χ1v) is 5.25. The Morgan fingerprint density at radius 1 is 1.28 bits per heavy atom. The molecule has 4 nitrogen and oxygen atoms in total. The molecule has 2 rings (SSSR count). The Balaban J connectivity index is 2.17. The summed E-state index contributed by atoms with van der Waals surface area (Å²) in [6, 6.07) is 7.32. The average molecular weight is 246 g/mol. The van der Waals surface area contributed by atoms with Gasteiger partial charge in [-0.05, 0) is 24.3 Å². The maximum Gasteiger partial charge on any atom is 0.255 e. The van der Waals surface area contributed by atoms with Gasteiger partial charge >= 0.3 is 0 Å². The highest BCUT2D eigenvalue weighted by Crippen LogP contribution is 2.21. The molecule has 0 saturated carbocycles. The van der Waals surface area contributed by atoms with Crippen LogP contribution in [0.4, 0.5) is 10.1 Å². The summed E-state index contributed by atoms with van der Waals surface area (Å²) in [5.41, 5.74) is 0.948. The molecule has 5 heteroatoms. The number of aromatic nitrogens is 1. The summed E-state index contributed by atoms with van der Waals surface area (Å²) in [4.78, 5) is 15.6. The number of nitrogens with zero attached hydrogens (tertiary/aromatic N) is 1. The van der Waals surface area contributed by atoms with E-state index in [1.165, 1.54) is 37.7 Å². The molecule has 0 fully saturated rings. The Kier molecular flexibility index (Phi) is 3.52. The molecular weight excluding hydrogens is 235 g/mol. The van der Waals surface area contributed by atoms with Crippen LogP contribution >= 0.6 is 0 Å². The fourth-order valence-electron chi connectivity index (χ4n) is 1.44. The Hall–Kier alpha value is -2.43. The van der Waals surface area contributed by atoms with E-state index in [0.717, 1.165) is 0 Å². The van der Waals surface area contributed by atoms with Crippen LogP contribution in [0.2, 0.25) is 0 Å². The van der Waals surface area contributed by atoms with Gasteiger partial charge in [0.05, 0.1) is 7.11 Å². The minimum Gasteiger partial charge on any atom is -0.494 e. The summed E-state index contributed by atoms with van der Waals surface area (Å²) in [7, 11) is 1.37. The molecule has 0 spiro atoms. The van der Waals surface area contributed by atoms with E-state index in [4.69, 9.17) is 4.74 Å². The molecule has 1 aromatic carbocycles. The first kappa shape index (κ1) is 12.0. The first-order valence-electron chi connectivity index (χ1n) is 5.25. The predicted octanol–water partition coefficient (Wildman–Crippen LogP) is 2.48. The van der Waals surface area contributed by atoms with E-state index in [9.17, 15) is 9.18 Å². The molecule has 1 heterocycles. The zero-order chi connectivity index (χ0) is 13.0. The third kappa shape index (κ3) is 2.63. The number of hydrogen-bond acceptors (Lipinski definition) is 3. The van der Waals surface area contributed by atoms with E-state index < -0.39 is 5.82 Å². The topological polar surface area (TPSA) is 51.2 Å². The molecule has 1 aromatic heterocycles. The number of halogens is 1. The molecule has 0 aliphatic rings. The monoisotopic (exact) mass is 246 g/mol. The van der Waals surface area contributed by atoms with E-state index >= 15 is 0 Å². The van der Waals surface area contributed by atoms with Crippen LogP contribution in [-0.4, -0.2) is 18.0 Å². The van der Waals surface area contributed by atoms with Gasteiger partial charge in [-0.25, -0.2) is 4.39 Å². The quantitative estimate of drug-likeness (QED) is 0.905. The molecule has 2 aromatic rings. The van der Waals surface area contributed by atoms with Crippen LogP contribution < -0.4 is 10.1 Å². The molecule has 92 valence electrons. The third-order valence-corrected chi connectivity index (χ3v) is 2.35. The van der Waals surface area contributed by atoms with Crippen LogP contribution in [0.15, 0.2) is 42.7 Å². The highest BCUT2D eigenvalue weighted by Gasteiger charge is 2.08. The Morgan fingerprint density at radius 2 is 2.00 bits per heavy atom. The minimum atomic E-state index is -0.473. The summed E-state index contributed by atoms with van der Waals surface area (Å²) in [6.07, 6.45) is 3.06. The molecule has 0 saturated heterocycles. The van der Waals surface area contributed by atoms with Crippen molar-refractivity contribution in [2.45, 2.75) is 0 Å². The van der Waals surface area contributed by atoms with Gasteiger partial charge in [-0.1, -0.05) is 0 Å². The number of hydrogen-bond donors (Lipinski definition) is 1. The van der Waals surface area contributed by atoms with Crippen molar-refractivity contribution in [3.05, 3.63) is 54.1 Å². The molecule has 0 radical (unpaired) electrons. The van der Waals surface area contributed by atoms with Gasteiger partial charge in [0, 0.05) is 29.7 Å². The fraction of sp³-hybridized carbons (Fsp3) is 0.0769. The lowest BCUT2D eigenvalue weighted by atomic mass is 10.2. The second-order valence-corrected chi connectivity index (χ2v) is 3.54. The highest BCUT2D eigenvalue weighted by molar-refractivity contribution is 6.04. The van der Waals surface area contributed by atoms with Crippen molar-refractivity contribution in [2.75, 3.05) is 12.4 Å². The van der Waals surface area contributed by atoms with Crippen LogP contribution in [0.5, 0.6) is 5.75 Å². The summed E-state index contributed by atoms with van der Waals surface area (Å²) in [5.74, 6) is -0.673. The Bertz CT molecular complexity index is 558. The summed E-state index contributed by atoms with van der Waals surface area (Å²) in [6.45, 7) is 0. The lowest BCUT2D eigenvalue weighted by Crippen LogP contribution is -2.11. The van der Waals surface area contributed by atoms with Crippen molar-refractivity contribution < 1.29 is 13.9 Å². The van der Waals surface area contributed by atoms with Gasteiger partial charge in [0.1, 0.15) is 0 Å². The van der Waals surface area contributed by atoms with Crippen molar-refractivity contribution in [3.8, 4) is 5.75 Å². The number of amides is 1. The normalized spacial score (nSPS) is 9.89.